The zero-order valence-electron chi connectivity index (χ0n) is 9.16. The molecule has 18 heavy (non-hydrogen) atoms. The molecule has 0 atom stereocenters. The summed E-state index contributed by atoms with van der Waals surface area (Å²) in [5.74, 6) is -0.988. The van der Waals surface area contributed by atoms with Gasteiger partial charge in [0.1, 0.15) is 5.82 Å². The van der Waals surface area contributed by atoms with Gasteiger partial charge >= 0.3 is 0 Å². The molecular weight excluding hydrogens is 321 g/mol. The summed E-state index contributed by atoms with van der Waals surface area (Å²) >= 11 is 9.08. The fourth-order valence-corrected chi connectivity index (χ4v) is 2.03. The van der Waals surface area contributed by atoms with E-state index < -0.39 is 5.82 Å². The number of nitrogens with zero attached hydrogens (tertiary/aromatic N) is 1. The number of Topliss-reactive ketones (excluding diaryl/α,β-unsaturated/α-hetero) is 1. The summed E-state index contributed by atoms with van der Waals surface area (Å²) in [4.78, 5) is 16.0. The first-order chi connectivity index (χ1) is 8.58. The number of ketones is 1. The van der Waals surface area contributed by atoms with E-state index in [0.717, 1.165) is 4.47 Å². The van der Waals surface area contributed by atoms with Crippen molar-refractivity contribution < 1.29 is 9.18 Å². The minimum absolute atomic E-state index is 0.0218. The molecule has 0 spiro atoms. The fraction of sp³-hybridized carbons (Fsp3) is 0.0769. The van der Waals surface area contributed by atoms with Gasteiger partial charge in [0.15, 0.2) is 5.78 Å². The summed E-state index contributed by atoms with van der Waals surface area (Å²) in [6, 6.07) is 7.66. The molecule has 0 aliphatic rings. The summed E-state index contributed by atoms with van der Waals surface area (Å²) < 4.78 is 14.4. The standard InChI is InChI=1S/C13H8BrClFNO/c14-8-4-5-9(17-7-8)6-12(18)13-10(15)2-1-3-11(13)16/h1-5,7H,6H2. The molecule has 0 radical (unpaired) electrons. The maximum Gasteiger partial charge on any atom is 0.173 e. The smallest absolute Gasteiger partial charge is 0.173 e. The Hall–Kier alpha value is -1.26. The Morgan fingerprint density at radius 2 is 2.11 bits per heavy atom. The van der Waals surface area contributed by atoms with Crippen LogP contribution in [0.2, 0.25) is 5.02 Å². The molecule has 0 bridgehead atoms. The minimum Gasteiger partial charge on any atom is -0.294 e. The van der Waals surface area contributed by atoms with Crippen LogP contribution in [0, 0.1) is 5.82 Å². The summed E-state index contributed by atoms with van der Waals surface area (Å²) in [7, 11) is 0. The third-order valence-electron chi connectivity index (χ3n) is 2.37. The van der Waals surface area contributed by atoms with Crippen molar-refractivity contribution in [1.29, 1.82) is 0 Å². The SMILES string of the molecule is O=C(Cc1ccc(Br)cn1)c1c(F)cccc1Cl. The lowest BCUT2D eigenvalue weighted by molar-refractivity contribution is 0.0988. The van der Waals surface area contributed by atoms with Crippen LogP contribution >= 0.6 is 27.5 Å². The van der Waals surface area contributed by atoms with E-state index in [9.17, 15) is 9.18 Å². The average molecular weight is 329 g/mol. The number of halogens is 3. The molecule has 92 valence electrons. The molecule has 0 fully saturated rings. The van der Waals surface area contributed by atoms with Gasteiger partial charge in [-0.05, 0) is 40.2 Å². The van der Waals surface area contributed by atoms with Gasteiger partial charge in [-0.25, -0.2) is 4.39 Å². The van der Waals surface area contributed by atoms with Crippen molar-refractivity contribution in [2.24, 2.45) is 0 Å². The van der Waals surface area contributed by atoms with E-state index in [2.05, 4.69) is 20.9 Å². The molecule has 0 aliphatic carbocycles. The van der Waals surface area contributed by atoms with Crippen LogP contribution in [0.1, 0.15) is 16.1 Å². The first kappa shape index (κ1) is 13.2. The number of hydrogen-bond acceptors (Lipinski definition) is 2. The van der Waals surface area contributed by atoms with Crippen LogP contribution in [-0.2, 0) is 6.42 Å². The Morgan fingerprint density at radius 1 is 1.33 bits per heavy atom. The van der Waals surface area contributed by atoms with Gasteiger partial charge in [0.2, 0.25) is 0 Å². The van der Waals surface area contributed by atoms with Crippen LogP contribution in [0.25, 0.3) is 0 Å². The highest BCUT2D eigenvalue weighted by Crippen LogP contribution is 2.21. The largest absolute Gasteiger partial charge is 0.294 e. The summed E-state index contributed by atoms with van der Waals surface area (Å²) in [5, 5.41) is 0.122. The second-order valence-corrected chi connectivity index (χ2v) is 4.99. The van der Waals surface area contributed by atoms with E-state index in [0.29, 0.717) is 5.69 Å². The van der Waals surface area contributed by atoms with Gasteiger partial charge in [-0.1, -0.05) is 17.7 Å². The van der Waals surface area contributed by atoms with E-state index in [-0.39, 0.29) is 22.8 Å². The van der Waals surface area contributed by atoms with Gasteiger partial charge in [0.25, 0.3) is 0 Å². The monoisotopic (exact) mass is 327 g/mol. The van der Waals surface area contributed by atoms with Crippen LogP contribution in [-0.4, -0.2) is 10.8 Å². The van der Waals surface area contributed by atoms with Gasteiger partial charge in [0, 0.05) is 16.4 Å². The predicted molar refractivity (Wildman–Crippen MR) is 71.4 cm³/mol. The van der Waals surface area contributed by atoms with Crippen molar-refractivity contribution in [3.63, 3.8) is 0 Å². The molecule has 0 amide bonds. The summed E-state index contributed by atoms with van der Waals surface area (Å²) in [6.07, 6.45) is 1.61. The highest BCUT2D eigenvalue weighted by atomic mass is 79.9. The predicted octanol–water partition coefficient (Wildman–Crippen LogP) is 4.06. The molecular formula is C13H8BrClFNO. The normalized spacial score (nSPS) is 10.4. The van der Waals surface area contributed by atoms with E-state index >= 15 is 0 Å². The number of aromatic nitrogens is 1. The molecule has 0 saturated carbocycles. The van der Waals surface area contributed by atoms with Gasteiger partial charge in [-0.2, -0.15) is 0 Å². The average Bonchev–Trinajstić information content (AvgIpc) is 2.32. The van der Waals surface area contributed by atoms with Crippen LogP contribution in [0.4, 0.5) is 4.39 Å². The van der Waals surface area contributed by atoms with Crippen molar-refractivity contribution >= 4 is 33.3 Å². The fourth-order valence-electron chi connectivity index (χ4n) is 1.53. The lowest BCUT2D eigenvalue weighted by atomic mass is 10.1. The topological polar surface area (TPSA) is 30.0 Å². The molecule has 1 heterocycles. The molecule has 2 rings (SSSR count). The number of carbonyl (C=O) groups excluding carboxylic acids is 1. The molecule has 0 saturated heterocycles. The summed E-state index contributed by atoms with van der Waals surface area (Å²) in [5.41, 5.74) is 0.492. The van der Waals surface area contributed by atoms with Crippen LogP contribution in [0.3, 0.4) is 0 Å². The lowest BCUT2D eigenvalue weighted by Crippen LogP contribution is -2.08. The second-order valence-electron chi connectivity index (χ2n) is 3.66. The third-order valence-corrected chi connectivity index (χ3v) is 3.16. The molecule has 2 nitrogen and oxygen atoms in total. The number of pyridine rings is 1. The minimum atomic E-state index is -0.607. The van der Waals surface area contributed by atoms with E-state index in [1.807, 2.05) is 0 Å². The van der Waals surface area contributed by atoms with Crippen LogP contribution < -0.4 is 0 Å². The van der Waals surface area contributed by atoms with Crippen molar-refractivity contribution in [1.82, 2.24) is 4.98 Å². The number of hydrogen-bond donors (Lipinski definition) is 0. The van der Waals surface area contributed by atoms with Gasteiger partial charge in [-0.3, -0.25) is 9.78 Å². The molecule has 5 heteroatoms. The zero-order valence-corrected chi connectivity index (χ0v) is 11.5. The Balaban J connectivity index is 2.25. The first-order valence-electron chi connectivity index (χ1n) is 5.15. The number of benzene rings is 1. The van der Waals surface area contributed by atoms with E-state index in [4.69, 9.17) is 11.6 Å². The zero-order chi connectivity index (χ0) is 13.1. The quantitative estimate of drug-likeness (QED) is 0.795. The Kier molecular flexibility index (Phi) is 4.09. The summed E-state index contributed by atoms with van der Waals surface area (Å²) in [6.45, 7) is 0. The van der Waals surface area contributed by atoms with Crippen molar-refractivity contribution in [3.8, 4) is 0 Å². The highest BCUT2D eigenvalue weighted by Gasteiger charge is 2.16. The molecule has 1 aromatic heterocycles. The number of carbonyl (C=O) groups is 1. The molecule has 2 aromatic rings. The molecule has 1 aromatic carbocycles. The Bertz CT molecular complexity index is 566. The van der Waals surface area contributed by atoms with Gasteiger partial charge in [-0.15, -0.1) is 0 Å². The number of rotatable bonds is 3. The van der Waals surface area contributed by atoms with E-state index in [1.165, 1.54) is 18.2 Å². The molecule has 0 unspecified atom stereocenters. The first-order valence-corrected chi connectivity index (χ1v) is 6.32. The second kappa shape index (κ2) is 5.59. The van der Waals surface area contributed by atoms with Crippen molar-refractivity contribution in [2.75, 3.05) is 0 Å². The van der Waals surface area contributed by atoms with Crippen LogP contribution in [0.15, 0.2) is 41.0 Å². The molecule has 0 aliphatic heterocycles. The van der Waals surface area contributed by atoms with Gasteiger partial charge in [0.05, 0.1) is 17.0 Å². The maximum absolute atomic E-state index is 13.5. The van der Waals surface area contributed by atoms with E-state index in [1.54, 1.807) is 18.3 Å². The lowest BCUT2D eigenvalue weighted by Gasteiger charge is -2.04. The third kappa shape index (κ3) is 2.94. The van der Waals surface area contributed by atoms with Gasteiger partial charge < -0.3 is 0 Å². The van der Waals surface area contributed by atoms with Crippen molar-refractivity contribution in [3.05, 3.63) is 63.1 Å². The Morgan fingerprint density at radius 3 is 2.72 bits per heavy atom. The Labute approximate surface area is 117 Å². The maximum atomic E-state index is 13.5. The highest BCUT2D eigenvalue weighted by molar-refractivity contribution is 9.10. The van der Waals surface area contributed by atoms with Crippen molar-refractivity contribution in [2.45, 2.75) is 6.42 Å². The van der Waals surface area contributed by atoms with Crippen LogP contribution in [0.5, 0.6) is 0 Å². The molecule has 0 N–H and O–H groups in total.